The predicted molar refractivity (Wildman–Crippen MR) is 126 cm³/mol. The van der Waals surface area contributed by atoms with E-state index < -0.39 is 17.9 Å². The van der Waals surface area contributed by atoms with Crippen molar-refractivity contribution in [3.63, 3.8) is 0 Å². The molecule has 1 aliphatic heterocycles. The minimum Gasteiger partial charge on any atom is -0.373 e. The molecule has 0 bridgehead atoms. The number of nitrogens with zero attached hydrogens (tertiary/aromatic N) is 6. The number of hydrogen-bond acceptors (Lipinski definition) is 6. The minimum absolute atomic E-state index is 0.0233. The van der Waals surface area contributed by atoms with Crippen molar-refractivity contribution in [2.75, 3.05) is 6.61 Å². The molecule has 1 saturated heterocycles. The van der Waals surface area contributed by atoms with Crippen molar-refractivity contribution >= 4 is 22.8 Å². The molecule has 1 aromatic carbocycles. The number of fused-ring (bicyclic) bond motifs is 1. The first-order valence-corrected chi connectivity index (χ1v) is 12.2. The average Bonchev–Trinajstić information content (AvgIpc) is 3.59. The van der Waals surface area contributed by atoms with Gasteiger partial charge in [0.05, 0.1) is 24.0 Å². The van der Waals surface area contributed by atoms with Gasteiger partial charge in [-0.3, -0.25) is 4.68 Å². The van der Waals surface area contributed by atoms with Crippen LogP contribution < -0.4 is 0 Å². The second-order valence-electron chi connectivity index (χ2n) is 9.29. The Hall–Kier alpha value is -3.11. The molecule has 0 amide bonds. The summed E-state index contributed by atoms with van der Waals surface area (Å²) in [4.78, 5) is 17.7. The molecule has 0 N–H and O–H groups in total. The lowest BCUT2D eigenvalue weighted by molar-refractivity contribution is 0.00396. The molecule has 11 heteroatoms. The van der Waals surface area contributed by atoms with E-state index in [1.165, 1.54) is 19.1 Å². The summed E-state index contributed by atoms with van der Waals surface area (Å²) in [6.45, 7) is 1.95. The highest BCUT2D eigenvalue weighted by Gasteiger charge is 2.31. The number of hydrogen-bond donors (Lipinski definition) is 0. The fourth-order valence-corrected chi connectivity index (χ4v) is 4.80. The van der Waals surface area contributed by atoms with Gasteiger partial charge >= 0.3 is 0 Å². The Morgan fingerprint density at radius 1 is 1.11 bits per heavy atom. The standard InChI is InChI=1S/C25H22ClF3N6O/c1-12-20(23(28)29)32-22-21(17-5-2-15(26)9-18(17)27)33-24(34-25(22)31-12)13-6-7-36-19(8-13)14-10-30-35(11-14)16-3-4-16/h2,5,9-11,13,16,19,23H,3-4,6-8H2,1H3/t13-,19-/m0/s1. The zero-order chi connectivity index (χ0) is 25.0. The summed E-state index contributed by atoms with van der Waals surface area (Å²) in [7, 11) is 0. The van der Waals surface area contributed by atoms with Gasteiger partial charge in [0.15, 0.2) is 5.65 Å². The lowest BCUT2D eigenvalue weighted by Crippen LogP contribution is -2.20. The quantitative estimate of drug-likeness (QED) is 0.311. The molecule has 0 spiro atoms. The number of benzene rings is 1. The van der Waals surface area contributed by atoms with Gasteiger partial charge in [-0.25, -0.2) is 33.1 Å². The maximum atomic E-state index is 15.0. The van der Waals surface area contributed by atoms with E-state index in [0.29, 0.717) is 31.3 Å². The molecule has 1 aliphatic carbocycles. The summed E-state index contributed by atoms with van der Waals surface area (Å²) < 4.78 is 50.2. The van der Waals surface area contributed by atoms with Crippen LogP contribution in [0.4, 0.5) is 13.2 Å². The Kier molecular flexibility index (Phi) is 5.88. The normalized spacial score (nSPS) is 20.4. The topological polar surface area (TPSA) is 78.6 Å². The molecule has 3 aromatic heterocycles. The largest absolute Gasteiger partial charge is 0.373 e. The Balaban J connectivity index is 1.43. The molecule has 2 atom stereocenters. The van der Waals surface area contributed by atoms with Gasteiger partial charge in [-0.15, -0.1) is 0 Å². The molecular formula is C25H22ClF3N6O. The van der Waals surface area contributed by atoms with Crippen LogP contribution in [0.25, 0.3) is 22.4 Å². The molecule has 0 unspecified atom stereocenters. The first kappa shape index (κ1) is 23.3. The summed E-state index contributed by atoms with van der Waals surface area (Å²) in [5.41, 5.74) is 0.971. The third-order valence-corrected chi connectivity index (χ3v) is 6.95. The van der Waals surface area contributed by atoms with E-state index in [-0.39, 0.29) is 45.2 Å². The van der Waals surface area contributed by atoms with Gasteiger partial charge < -0.3 is 4.74 Å². The zero-order valence-electron chi connectivity index (χ0n) is 19.3. The van der Waals surface area contributed by atoms with Crippen molar-refractivity contribution in [3.8, 4) is 11.3 Å². The van der Waals surface area contributed by atoms with Crippen LogP contribution in [-0.4, -0.2) is 36.3 Å². The van der Waals surface area contributed by atoms with Crippen molar-refractivity contribution in [3.05, 3.63) is 64.2 Å². The number of halogens is 4. The van der Waals surface area contributed by atoms with Gasteiger partial charge in [0.1, 0.15) is 28.5 Å². The van der Waals surface area contributed by atoms with Crippen molar-refractivity contribution in [2.24, 2.45) is 0 Å². The Bertz CT molecular complexity index is 1460. The highest BCUT2D eigenvalue weighted by molar-refractivity contribution is 6.30. The highest BCUT2D eigenvalue weighted by Crippen LogP contribution is 2.40. The number of aryl methyl sites for hydroxylation is 1. The van der Waals surface area contributed by atoms with Gasteiger partial charge in [-0.2, -0.15) is 5.10 Å². The fourth-order valence-electron chi connectivity index (χ4n) is 4.64. The van der Waals surface area contributed by atoms with Gasteiger partial charge in [0.25, 0.3) is 6.43 Å². The van der Waals surface area contributed by atoms with Gasteiger partial charge in [-0.1, -0.05) is 11.6 Å². The molecule has 36 heavy (non-hydrogen) atoms. The summed E-state index contributed by atoms with van der Waals surface area (Å²) >= 11 is 5.94. The monoisotopic (exact) mass is 514 g/mol. The van der Waals surface area contributed by atoms with Crippen molar-refractivity contribution in [1.82, 2.24) is 29.7 Å². The van der Waals surface area contributed by atoms with E-state index >= 15 is 0 Å². The average molecular weight is 515 g/mol. The van der Waals surface area contributed by atoms with Gasteiger partial charge in [-0.05, 0) is 50.8 Å². The van der Waals surface area contributed by atoms with E-state index in [0.717, 1.165) is 24.5 Å². The molecule has 7 nitrogen and oxygen atoms in total. The van der Waals surface area contributed by atoms with Crippen LogP contribution in [0.2, 0.25) is 5.02 Å². The Labute approximate surface area is 209 Å². The second-order valence-corrected chi connectivity index (χ2v) is 9.72. The number of rotatable bonds is 5. The van der Waals surface area contributed by atoms with E-state index in [1.807, 2.05) is 17.1 Å². The van der Waals surface area contributed by atoms with E-state index in [4.69, 9.17) is 16.3 Å². The van der Waals surface area contributed by atoms with Crippen LogP contribution >= 0.6 is 11.6 Å². The number of aromatic nitrogens is 6. The molecule has 2 aliphatic rings. The molecule has 1 saturated carbocycles. The maximum absolute atomic E-state index is 15.0. The Morgan fingerprint density at radius 3 is 2.69 bits per heavy atom. The summed E-state index contributed by atoms with van der Waals surface area (Å²) in [5.74, 6) is -0.289. The van der Waals surface area contributed by atoms with Gasteiger partial charge in [0, 0.05) is 34.9 Å². The molecule has 186 valence electrons. The van der Waals surface area contributed by atoms with Crippen molar-refractivity contribution in [1.29, 1.82) is 0 Å². The van der Waals surface area contributed by atoms with Gasteiger partial charge in [0.2, 0.25) is 0 Å². The molecule has 4 heterocycles. The SMILES string of the molecule is Cc1nc2nc([C@H]3CCO[C@H](c4cnn(C5CC5)c4)C3)nc(-c3ccc(Cl)cc3F)c2nc1C(F)F. The summed E-state index contributed by atoms with van der Waals surface area (Å²) in [5, 5.41) is 4.68. The van der Waals surface area contributed by atoms with Crippen LogP contribution in [0.3, 0.4) is 0 Å². The van der Waals surface area contributed by atoms with Crippen LogP contribution in [0.5, 0.6) is 0 Å². The fraction of sp³-hybridized carbons (Fsp3) is 0.400. The third kappa shape index (κ3) is 4.32. The molecule has 4 aromatic rings. The summed E-state index contributed by atoms with van der Waals surface area (Å²) in [6.07, 6.45) is 4.38. The van der Waals surface area contributed by atoms with E-state index in [2.05, 4.69) is 25.0 Å². The summed E-state index contributed by atoms with van der Waals surface area (Å²) in [6, 6.07) is 4.61. The lowest BCUT2D eigenvalue weighted by atomic mass is 9.92. The zero-order valence-corrected chi connectivity index (χ0v) is 20.1. The molecular weight excluding hydrogens is 493 g/mol. The maximum Gasteiger partial charge on any atom is 0.282 e. The molecule has 6 rings (SSSR count). The first-order chi connectivity index (χ1) is 17.4. The number of alkyl halides is 2. The smallest absolute Gasteiger partial charge is 0.282 e. The molecule has 0 radical (unpaired) electrons. The first-order valence-electron chi connectivity index (χ1n) is 11.8. The van der Waals surface area contributed by atoms with Crippen LogP contribution in [0.15, 0.2) is 30.6 Å². The van der Waals surface area contributed by atoms with Crippen molar-refractivity contribution < 1.29 is 17.9 Å². The van der Waals surface area contributed by atoms with Crippen LogP contribution in [0, 0.1) is 12.7 Å². The van der Waals surface area contributed by atoms with E-state index in [1.54, 1.807) is 0 Å². The second kappa shape index (κ2) is 9.08. The molecule has 2 fully saturated rings. The Morgan fingerprint density at radius 2 is 1.94 bits per heavy atom. The third-order valence-electron chi connectivity index (χ3n) is 6.72. The van der Waals surface area contributed by atoms with Crippen LogP contribution in [-0.2, 0) is 4.74 Å². The van der Waals surface area contributed by atoms with Crippen LogP contribution in [0.1, 0.15) is 72.9 Å². The minimum atomic E-state index is -2.84. The van der Waals surface area contributed by atoms with E-state index in [9.17, 15) is 13.2 Å². The number of ether oxygens (including phenoxy) is 1. The lowest BCUT2D eigenvalue weighted by Gasteiger charge is -2.28. The predicted octanol–water partition coefficient (Wildman–Crippen LogP) is 6.29. The van der Waals surface area contributed by atoms with Crippen molar-refractivity contribution in [2.45, 2.75) is 57.1 Å². The highest BCUT2D eigenvalue weighted by atomic mass is 35.5.